The van der Waals surface area contributed by atoms with Gasteiger partial charge in [-0.25, -0.2) is 0 Å². The van der Waals surface area contributed by atoms with E-state index < -0.39 is 86.8 Å². The minimum atomic E-state index is -1.80. The number of nitrogens with one attached hydrogen (secondary N) is 1. The van der Waals surface area contributed by atoms with E-state index in [9.17, 15) is 45.6 Å². The molecular formula is C88H149NO13. The van der Waals surface area contributed by atoms with Crippen molar-refractivity contribution in [2.24, 2.45) is 0 Å². The van der Waals surface area contributed by atoms with E-state index in [0.717, 1.165) is 116 Å². The first-order valence-corrected chi connectivity index (χ1v) is 41.1. The van der Waals surface area contributed by atoms with Crippen molar-refractivity contribution in [3.8, 4) is 0 Å². The Bertz CT molecular complexity index is 2280. The standard InChI is InChI=1S/C88H149NO13/c1-3-5-7-9-11-13-15-17-19-21-23-25-27-29-31-33-34-35-36-37-38-39-40-41-42-44-46-48-50-52-54-56-58-60-62-64-66-68-70-72-80(93)89-76(75-99-87-85(98)83(96)86(79(74-91)101-87)102-88-84(97)82(95)81(94)78(73-90)100-88)77(92)71-69-67-65-63-61-59-57-55-53-51-49-47-45-43-32-30-28-26-24-22-20-18-16-14-12-10-8-6-4-2/h5,7,11,13,17,19,23,25,29,31,34-35,37-38,40-41,44,46,50,52,56,58,62,64,76-79,81-88,90-92,94-98H,3-4,6,8-10,12,14-16,18,20-22,24,26-28,30,32-33,36,39,42-43,45,47-49,51,53-55,57,59-61,63,65-75H2,1-2H3,(H,89,93)/b7-5-,13-11-,19-17-,25-23-,31-29-,35-34-,38-37-,41-40-,46-44-,52-50-,58-56-,64-62-. The number of rotatable bonds is 67. The summed E-state index contributed by atoms with van der Waals surface area (Å²) in [5.41, 5.74) is 0. The van der Waals surface area contributed by atoms with Crippen molar-refractivity contribution in [2.75, 3.05) is 19.8 Å². The number of carbonyl (C=O) groups excluding carboxylic acids is 1. The summed E-state index contributed by atoms with van der Waals surface area (Å²) in [6.45, 7) is 2.75. The average Bonchev–Trinajstić information content (AvgIpc) is 0.790. The Hall–Kier alpha value is -4.13. The summed E-state index contributed by atoms with van der Waals surface area (Å²) < 4.78 is 23.0. The number of allylic oxidation sites excluding steroid dienone is 24. The molecule has 2 heterocycles. The van der Waals surface area contributed by atoms with Gasteiger partial charge in [-0.2, -0.15) is 0 Å². The van der Waals surface area contributed by atoms with E-state index in [1.807, 2.05) is 0 Å². The molecule has 1 amide bonds. The van der Waals surface area contributed by atoms with Crippen molar-refractivity contribution in [1.82, 2.24) is 5.32 Å². The summed E-state index contributed by atoms with van der Waals surface area (Å²) in [6.07, 6.45) is 88.8. The Labute approximate surface area is 621 Å². The summed E-state index contributed by atoms with van der Waals surface area (Å²) in [5.74, 6) is -0.251. The van der Waals surface area contributed by atoms with Gasteiger partial charge in [0.05, 0.1) is 32.0 Å². The zero-order chi connectivity index (χ0) is 73.7. The van der Waals surface area contributed by atoms with E-state index in [0.29, 0.717) is 12.8 Å². The molecule has 2 aliphatic heterocycles. The van der Waals surface area contributed by atoms with E-state index >= 15 is 0 Å². The van der Waals surface area contributed by atoms with Gasteiger partial charge in [0.1, 0.15) is 48.8 Å². The highest BCUT2D eigenvalue weighted by Crippen LogP contribution is 2.30. The fraction of sp³-hybridized carbons (Fsp3) is 0.716. The molecule has 2 saturated heterocycles. The molecular weight excluding hydrogens is 1280 g/mol. The van der Waals surface area contributed by atoms with Crippen LogP contribution in [-0.4, -0.2) is 140 Å². The van der Waals surface area contributed by atoms with Crippen molar-refractivity contribution < 1.29 is 64.6 Å². The summed E-state index contributed by atoms with van der Waals surface area (Å²) in [5, 5.41) is 87.9. The molecule has 0 spiro atoms. The molecule has 0 aromatic heterocycles. The maximum atomic E-state index is 13.4. The van der Waals surface area contributed by atoms with Crippen LogP contribution in [0.1, 0.15) is 309 Å². The predicted octanol–water partition coefficient (Wildman–Crippen LogP) is 19.1. The van der Waals surface area contributed by atoms with Crippen molar-refractivity contribution in [3.63, 3.8) is 0 Å². The van der Waals surface area contributed by atoms with Crippen LogP contribution in [0.3, 0.4) is 0 Å². The minimum Gasteiger partial charge on any atom is -0.394 e. The van der Waals surface area contributed by atoms with Crippen molar-refractivity contribution in [3.05, 3.63) is 146 Å². The number of amides is 1. The monoisotopic (exact) mass is 1430 g/mol. The number of aliphatic hydroxyl groups is 8. The molecule has 9 N–H and O–H groups in total. The van der Waals surface area contributed by atoms with Gasteiger partial charge in [-0.05, 0) is 103 Å². The van der Waals surface area contributed by atoms with E-state index in [4.69, 9.17) is 18.9 Å². The van der Waals surface area contributed by atoms with Crippen LogP contribution in [0.2, 0.25) is 0 Å². The normalized spacial score (nSPS) is 22.5. The second-order valence-electron chi connectivity index (χ2n) is 28.2. The average molecular weight is 1430 g/mol. The summed E-state index contributed by atoms with van der Waals surface area (Å²) in [6, 6.07) is -0.866. The summed E-state index contributed by atoms with van der Waals surface area (Å²) in [7, 11) is 0. The number of carbonyl (C=O) groups is 1. The topological polar surface area (TPSA) is 228 Å². The highest BCUT2D eigenvalue weighted by atomic mass is 16.7. The van der Waals surface area contributed by atoms with Gasteiger partial charge in [-0.15, -0.1) is 0 Å². The maximum absolute atomic E-state index is 13.4. The Morgan fingerprint density at radius 1 is 0.363 bits per heavy atom. The smallest absolute Gasteiger partial charge is 0.220 e. The van der Waals surface area contributed by atoms with Crippen molar-refractivity contribution >= 4 is 5.91 Å². The van der Waals surface area contributed by atoms with Gasteiger partial charge in [0.25, 0.3) is 0 Å². The zero-order valence-electron chi connectivity index (χ0n) is 64.1. The fourth-order valence-corrected chi connectivity index (χ4v) is 12.6. The lowest BCUT2D eigenvalue weighted by molar-refractivity contribution is -0.359. The van der Waals surface area contributed by atoms with E-state index in [-0.39, 0.29) is 18.9 Å². The molecule has 14 heteroatoms. The summed E-state index contributed by atoms with van der Waals surface area (Å²) >= 11 is 0. The number of hydrogen-bond acceptors (Lipinski definition) is 13. The third-order valence-corrected chi connectivity index (χ3v) is 19.1. The van der Waals surface area contributed by atoms with E-state index in [1.54, 1.807) is 0 Å². The summed E-state index contributed by atoms with van der Waals surface area (Å²) in [4.78, 5) is 13.4. The fourth-order valence-electron chi connectivity index (χ4n) is 12.6. The molecule has 102 heavy (non-hydrogen) atoms. The van der Waals surface area contributed by atoms with Gasteiger partial charge >= 0.3 is 0 Å². The molecule has 0 saturated carbocycles. The lowest BCUT2D eigenvalue weighted by Gasteiger charge is -2.46. The van der Waals surface area contributed by atoms with Crippen LogP contribution in [0.25, 0.3) is 0 Å². The Morgan fingerprint density at radius 2 is 0.676 bits per heavy atom. The SMILES string of the molecule is CC/C=C\C/C=C\C/C=C\C/C=C\C/C=C\C/C=C\C/C=C\C/C=C\C/C=C\C/C=C\C/C=C\C/C=C\CCCCC(=O)NC(COC1OC(CO)C(OC2OC(CO)C(O)C(O)C2O)C(O)C1O)C(O)CCCCCCCCCCCCCCCCCCCCCCCCCCCCCCC. The van der Waals surface area contributed by atoms with Gasteiger partial charge in [-0.1, -0.05) is 346 Å². The molecule has 12 atom stereocenters. The molecule has 12 unspecified atom stereocenters. The predicted molar refractivity (Wildman–Crippen MR) is 424 cm³/mol. The molecule has 14 nitrogen and oxygen atoms in total. The molecule has 0 aliphatic carbocycles. The number of hydrogen-bond donors (Lipinski definition) is 9. The second-order valence-corrected chi connectivity index (χ2v) is 28.2. The van der Waals surface area contributed by atoms with Gasteiger partial charge in [0, 0.05) is 6.42 Å². The van der Waals surface area contributed by atoms with Crippen LogP contribution in [-0.2, 0) is 23.7 Å². The first-order chi connectivity index (χ1) is 50.1. The Kier molecular flexibility index (Phi) is 64.4. The quantitative estimate of drug-likeness (QED) is 0.0204. The molecule has 0 aromatic carbocycles. The molecule has 2 aliphatic rings. The van der Waals surface area contributed by atoms with Crippen LogP contribution < -0.4 is 5.32 Å². The second kappa shape index (κ2) is 69.9. The Balaban J connectivity index is 1.65. The Morgan fingerprint density at radius 3 is 1.02 bits per heavy atom. The van der Waals surface area contributed by atoms with Gasteiger partial charge in [0.2, 0.25) is 5.91 Å². The molecule has 0 bridgehead atoms. The number of ether oxygens (including phenoxy) is 4. The van der Waals surface area contributed by atoms with Crippen LogP contribution in [0.5, 0.6) is 0 Å². The maximum Gasteiger partial charge on any atom is 0.220 e. The van der Waals surface area contributed by atoms with Crippen LogP contribution in [0.4, 0.5) is 0 Å². The van der Waals surface area contributed by atoms with Gasteiger partial charge in [-0.3, -0.25) is 4.79 Å². The molecule has 2 rings (SSSR count). The van der Waals surface area contributed by atoms with Crippen LogP contribution in [0.15, 0.2) is 146 Å². The van der Waals surface area contributed by atoms with E-state index in [2.05, 4.69) is 165 Å². The highest BCUT2D eigenvalue weighted by molar-refractivity contribution is 5.76. The molecule has 0 radical (unpaired) electrons. The van der Waals surface area contributed by atoms with Crippen LogP contribution in [0, 0.1) is 0 Å². The van der Waals surface area contributed by atoms with Gasteiger partial charge in [0.15, 0.2) is 12.6 Å². The zero-order valence-corrected chi connectivity index (χ0v) is 64.1. The first kappa shape index (κ1) is 94.0. The number of unbranched alkanes of at least 4 members (excludes halogenated alkanes) is 30. The third-order valence-electron chi connectivity index (χ3n) is 19.1. The molecule has 0 aromatic rings. The largest absolute Gasteiger partial charge is 0.394 e. The lowest BCUT2D eigenvalue weighted by atomic mass is 9.97. The lowest BCUT2D eigenvalue weighted by Crippen LogP contribution is -2.65. The van der Waals surface area contributed by atoms with Crippen LogP contribution >= 0.6 is 0 Å². The third kappa shape index (κ3) is 52.0. The first-order valence-electron chi connectivity index (χ1n) is 41.1. The van der Waals surface area contributed by atoms with Gasteiger partial charge < -0.3 is 65.1 Å². The highest BCUT2D eigenvalue weighted by Gasteiger charge is 2.51. The molecule has 2 fully saturated rings. The molecule has 584 valence electrons. The van der Waals surface area contributed by atoms with E-state index in [1.165, 1.54) is 161 Å². The number of aliphatic hydroxyl groups excluding tert-OH is 8. The van der Waals surface area contributed by atoms with Crippen molar-refractivity contribution in [2.45, 2.75) is 383 Å². The minimum absolute atomic E-state index is 0.240. The van der Waals surface area contributed by atoms with Crippen molar-refractivity contribution in [1.29, 1.82) is 0 Å².